The van der Waals surface area contributed by atoms with Gasteiger partial charge in [-0.3, -0.25) is 4.79 Å². The van der Waals surface area contributed by atoms with Crippen LogP contribution < -0.4 is 0 Å². The zero-order valence-electron chi connectivity index (χ0n) is 16.8. The highest BCUT2D eigenvalue weighted by atomic mass is 16.5. The lowest BCUT2D eigenvalue weighted by Gasteiger charge is -2.31. The number of nitrogens with zero attached hydrogens (tertiary/aromatic N) is 3. The molecule has 0 aliphatic carbocycles. The number of carbonyl (C=O) groups is 1. The molecule has 2 atom stereocenters. The van der Waals surface area contributed by atoms with E-state index in [1.54, 1.807) is 0 Å². The second-order valence-corrected chi connectivity index (χ2v) is 7.91. The van der Waals surface area contributed by atoms with Gasteiger partial charge in [0.15, 0.2) is 0 Å². The Kier molecular flexibility index (Phi) is 6.35. The number of aromatic amines is 1. The number of aromatic nitrogens is 2. The summed E-state index contributed by atoms with van der Waals surface area (Å²) in [7, 11) is 2.11. The number of hydrogen-bond donors (Lipinski definition) is 1. The van der Waals surface area contributed by atoms with Crippen molar-refractivity contribution in [3.63, 3.8) is 0 Å². The van der Waals surface area contributed by atoms with Gasteiger partial charge in [-0.15, -0.1) is 0 Å². The normalized spacial score (nSPS) is 24.9. The number of ether oxygens (including phenoxy) is 1. The lowest BCUT2D eigenvalue weighted by atomic mass is 9.90. The molecule has 0 unspecified atom stereocenters. The van der Waals surface area contributed by atoms with Crippen molar-refractivity contribution in [2.45, 2.75) is 46.0 Å². The highest BCUT2D eigenvalue weighted by molar-refractivity contribution is 5.80. The lowest BCUT2D eigenvalue weighted by molar-refractivity contribution is -0.136. The van der Waals surface area contributed by atoms with Crippen molar-refractivity contribution in [1.29, 1.82) is 0 Å². The van der Waals surface area contributed by atoms with E-state index in [1.165, 1.54) is 0 Å². The predicted molar refractivity (Wildman–Crippen MR) is 102 cm³/mol. The number of likely N-dealkylation sites (N-methyl/N-ethyl adjacent to an activating group) is 1. The molecule has 3 heterocycles. The molecule has 2 aliphatic heterocycles. The van der Waals surface area contributed by atoms with E-state index in [2.05, 4.69) is 42.6 Å². The molecule has 146 valence electrons. The third-order valence-corrected chi connectivity index (χ3v) is 5.99. The summed E-state index contributed by atoms with van der Waals surface area (Å²) in [6.07, 6.45) is 3.03. The van der Waals surface area contributed by atoms with Crippen LogP contribution in [0.25, 0.3) is 0 Å². The van der Waals surface area contributed by atoms with Crippen LogP contribution in [0.5, 0.6) is 0 Å². The molecule has 0 aromatic carbocycles. The molecule has 2 aliphatic rings. The SMILES string of the molecule is CCc1nc([C@H]2CN(C)C[C@@H]2C(=O)N(CC)CC2CCOCC2)c(C)[nH]1. The van der Waals surface area contributed by atoms with Crippen LogP contribution in [-0.2, 0) is 16.0 Å². The predicted octanol–water partition coefficient (Wildman–Crippen LogP) is 2.20. The molecule has 1 N–H and O–H groups in total. The van der Waals surface area contributed by atoms with Crippen LogP contribution in [0.1, 0.15) is 49.8 Å². The van der Waals surface area contributed by atoms with Crippen LogP contribution in [0.2, 0.25) is 0 Å². The fourth-order valence-corrected chi connectivity index (χ4v) is 4.44. The fourth-order valence-electron chi connectivity index (χ4n) is 4.44. The minimum atomic E-state index is 0.00602. The summed E-state index contributed by atoms with van der Waals surface area (Å²) in [4.78, 5) is 25.9. The maximum absolute atomic E-state index is 13.4. The summed E-state index contributed by atoms with van der Waals surface area (Å²) in [5, 5.41) is 0. The Balaban J connectivity index is 1.75. The molecule has 0 bridgehead atoms. The largest absolute Gasteiger partial charge is 0.381 e. The molecule has 1 aromatic heterocycles. The maximum atomic E-state index is 13.4. The van der Waals surface area contributed by atoms with Gasteiger partial charge in [0.05, 0.1) is 11.6 Å². The molecule has 6 heteroatoms. The molecular formula is C20H34N4O2. The quantitative estimate of drug-likeness (QED) is 0.843. The van der Waals surface area contributed by atoms with Crippen LogP contribution >= 0.6 is 0 Å². The number of H-pyrrole nitrogens is 1. The Bertz CT molecular complexity index is 609. The average Bonchev–Trinajstić information content (AvgIpc) is 3.22. The minimum Gasteiger partial charge on any atom is -0.381 e. The molecule has 6 nitrogen and oxygen atoms in total. The van der Waals surface area contributed by atoms with Gasteiger partial charge in [-0.1, -0.05) is 6.92 Å². The number of nitrogens with one attached hydrogen (secondary N) is 1. The molecule has 0 spiro atoms. The van der Waals surface area contributed by atoms with Gasteiger partial charge in [0.1, 0.15) is 5.82 Å². The van der Waals surface area contributed by atoms with Crippen molar-refractivity contribution in [3.8, 4) is 0 Å². The number of likely N-dealkylation sites (tertiary alicyclic amines) is 1. The van der Waals surface area contributed by atoms with Crippen molar-refractivity contribution in [1.82, 2.24) is 19.8 Å². The number of carbonyl (C=O) groups excluding carboxylic acids is 1. The highest BCUT2D eigenvalue weighted by Gasteiger charge is 2.41. The second kappa shape index (κ2) is 8.53. The third kappa shape index (κ3) is 4.12. The summed E-state index contributed by atoms with van der Waals surface area (Å²) in [5.41, 5.74) is 2.21. The van der Waals surface area contributed by atoms with Gasteiger partial charge in [-0.25, -0.2) is 4.98 Å². The van der Waals surface area contributed by atoms with Crippen molar-refractivity contribution in [2.24, 2.45) is 11.8 Å². The van der Waals surface area contributed by atoms with Gasteiger partial charge in [-0.05, 0) is 39.7 Å². The molecule has 3 rings (SSSR count). The lowest BCUT2D eigenvalue weighted by Crippen LogP contribution is -2.42. The van der Waals surface area contributed by atoms with Gasteiger partial charge in [0.2, 0.25) is 5.91 Å². The number of hydrogen-bond acceptors (Lipinski definition) is 4. The second-order valence-electron chi connectivity index (χ2n) is 7.91. The molecule has 2 saturated heterocycles. The van der Waals surface area contributed by atoms with Gasteiger partial charge in [0.25, 0.3) is 0 Å². The van der Waals surface area contributed by atoms with E-state index in [4.69, 9.17) is 9.72 Å². The van der Waals surface area contributed by atoms with E-state index < -0.39 is 0 Å². The van der Waals surface area contributed by atoms with Gasteiger partial charge in [0, 0.05) is 57.4 Å². The number of rotatable bonds is 6. The first-order valence-corrected chi connectivity index (χ1v) is 10.1. The number of amides is 1. The van der Waals surface area contributed by atoms with Crippen LogP contribution in [-0.4, -0.2) is 72.1 Å². The molecule has 1 amide bonds. The van der Waals surface area contributed by atoms with Crippen molar-refractivity contribution in [2.75, 3.05) is 46.4 Å². The Morgan fingerprint density at radius 1 is 1.31 bits per heavy atom. The zero-order valence-corrected chi connectivity index (χ0v) is 16.8. The molecule has 26 heavy (non-hydrogen) atoms. The van der Waals surface area contributed by atoms with Gasteiger partial charge in [-0.2, -0.15) is 0 Å². The van der Waals surface area contributed by atoms with Crippen LogP contribution in [0.4, 0.5) is 0 Å². The van der Waals surface area contributed by atoms with Gasteiger partial charge < -0.3 is 19.5 Å². The molecule has 0 radical (unpaired) electrons. The van der Waals surface area contributed by atoms with Crippen LogP contribution in [0.3, 0.4) is 0 Å². The topological polar surface area (TPSA) is 61.5 Å². The number of aryl methyl sites for hydroxylation is 2. The first-order chi connectivity index (χ1) is 12.5. The highest BCUT2D eigenvalue weighted by Crippen LogP contribution is 2.34. The number of imidazole rings is 1. The Morgan fingerprint density at radius 3 is 2.65 bits per heavy atom. The minimum absolute atomic E-state index is 0.00602. The fraction of sp³-hybridized carbons (Fsp3) is 0.800. The monoisotopic (exact) mass is 362 g/mol. The summed E-state index contributed by atoms with van der Waals surface area (Å²) in [5.74, 6) is 2.09. The molecule has 1 aromatic rings. The molecule has 2 fully saturated rings. The van der Waals surface area contributed by atoms with E-state index in [1.807, 2.05) is 0 Å². The first kappa shape index (κ1) is 19.4. The van der Waals surface area contributed by atoms with E-state index in [0.29, 0.717) is 11.8 Å². The van der Waals surface area contributed by atoms with E-state index >= 15 is 0 Å². The Hall–Kier alpha value is -1.40. The molecular weight excluding hydrogens is 328 g/mol. The summed E-state index contributed by atoms with van der Waals surface area (Å²) >= 11 is 0. The maximum Gasteiger partial charge on any atom is 0.227 e. The van der Waals surface area contributed by atoms with Crippen LogP contribution in [0, 0.1) is 18.8 Å². The standard InChI is InChI=1S/C20H34N4O2/c1-5-18-21-14(3)19(22-18)16-12-23(4)13-17(16)20(25)24(6-2)11-15-7-9-26-10-8-15/h15-17H,5-13H2,1-4H3,(H,21,22)/t16-,17-/m0/s1. The summed E-state index contributed by atoms with van der Waals surface area (Å²) < 4.78 is 5.47. The van der Waals surface area contributed by atoms with E-state index in [9.17, 15) is 4.79 Å². The Labute approximate surface area is 157 Å². The molecule has 0 saturated carbocycles. The van der Waals surface area contributed by atoms with Crippen molar-refractivity contribution in [3.05, 3.63) is 17.2 Å². The van der Waals surface area contributed by atoms with E-state index in [0.717, 1.165) is 75.9 Å². The first-order valence-electron chi connectivity index (χ1n) is 10.1. The Morgan fingerprint density at radius 2 is 2.04 bits per heavy atom. The zero-order chi connectivity index (χ0) is 18.7. The van der Waals surface area contributed by atoms with Crippen LogP contribution in [0.15, 0.2) is 0 Å². The van der Waals surface area contributed by atoms with Crippen molar-refractivity contribution < 1.29 is 9.53 Å². The summed E-state index contributed by atoms with van der Waals surface area (Å²) in [6.45, 7) is 11.3. The van der Waals surface area contributed by atoms with Gasteiger partial charge >= 0.3 is 0 Å². The third-order valence-electron chi connectivity index (χ3n) is 5.99. The van der Waals surface area contributed by atoms with E-state index in [-0.39, 0.29) is 11.8 Å². The van der Waals surface area contributed by atoms with Crippen molar-refractivity contribution >= 4 is 5.91 Å². The smallest absolute Gasteiger partial charge is 0.227 e. The average molecular weight is 363 g/mol. The summed E-state index contributed by atoms with van der Waals surface area (Å²) in [6, 6.07) is 0.